The SMILES string of the molecule is C=C[n+]1cc[nH]c1CCCC#N.[Br-]. The van der Waals surface area contributed by atoms with Crippen LogP contribution in [0.1, 0.15) is 18.7 Å². The van der Waals surface area contributed by atoms with Gasteiger partial charge < -0.3 is 17.0 Å². The normalized spacial score (nSPS) is 8.54. The molecule has 1 aromatic heterocycles. The van der Waals surface area contributed by atoms with Crippen molar-refractivity contribution in [1.29, 1.82) is 5.26 Å². The van der Waals surface area contributed by atoms with Gasteiger partial charge in [-0.3, -0.25) is 0 Å². The molecule has 0 bridgehead atoms. The summed E-state index contributed by atoms with van der Waals surface area (Å²) in [4.78, 5) is 3.10. The van der Waals surface area contributed by atoms with Crippen LogP contribution in [0.3, 0.4) is 0 Å². The third-order valence-corrected chi connectivity index (χ3v) is 1.70. The Balaban J connectivity index is 0.00000144. The number of halogens is 1. The van der Waals surface area contributed by atoms with Crippen LogP contribution in [0.2, 0.25) is 0 Å². The summed E-state index contributed by atoms with van der Waals surface area (Å²) in [7, 11) is 0. The summed E-state index contributed by atoms with van der Waals surface area (Å²) in [5.74, 6) is 1.10. The Morgan fingerprint density at radius 1 is 1.69 bits per heavy atom. The lowest BCUT2D eigenvalue weighted by Crippen LogP contribution is -3.00. The minimum Gasteiger partial charge on any atom is -1.00 e. The fourth-order valence-electron chi connectivity index (χ4n) is 1.09. The van der Waals surface area contributed by atoms with Gasteiger partial charge in [-0.2, -0.15) is 5.26 Å². The van der Waals surface area contributed by atoms with E-state index in [0.717, 1.165) is 18.7 Å². The number of imidazole rings is 1. The monoisotopic (exact) mass is 241 g/mol. The van der Waals surface area contributed by atoms with Gasteiger partial charge in [0.15, 0.2) is 0 Å². The maximum Gasteiger partial charge on any atom is 0.258 e. The smallest absolute Gasteiger partial charge is 0.258 e. The lowest BCUT2D eigenvalue weighted by molar-refractivity contribution is -0.575. The second-order valence-corrected chi connectivity index (χ2v) is 2.51. The standard InChI is InChI=1S/C9H11N3.BrH/c1-2-12-8-7-11-9(12)5-3-4-6-10;/h2,7-8H,1,3-5H2;1H. The Labute approximate surface area is 88.5 Å². The average Bonchev–Trinajstić information content (AvgIpc) is 2.52. The molecule has 0 unspecified atom stereocenters. The molecule has 1 rings (SSSR count). The van der Waals surface area contributed by atoms with E-state index in [2.05, 4.69) is 17.6 Å². The molecule has 0 atom stereocenters. The van der Waals surface area contributed by atoms with Gasteiger partial charge >= 0.3 is 0 Å². The second-order valence-electron chi connectivity index (χ2n) is 2.51. The van der Waals surface area contributed by atoms with Crippen LogP contribution in [0.4, 0.5) is 0 Å². The summed E-state index contributed by atoms with van der Waals surface area (Å²) in [6.45, 7) is 3.67. The number of aryl methyl sites for hydroxylation is 1. The summed E-state index contributed by atoms with van der Waals surface area (Å²) in [6, 6.07) is 2.12. The first kappa shape index (κ1) is 11.9. The minimum absolute atomic E-state index is 0. The number of hydrogen-bond donors (Lipinski definition) is 1. The Morgan fingerprint density at radius 3 is 3.08 bits per heavy atom. The van der Waals surface area contributed by atoms with Gasteiger partial charge in [0, 0.05) is 6.42 Å². The number of unbranched alkanes of at least 4 members (excludes halogenated alkanes) is 1. The topological polar surface area (TPSA) is 43.5 Å². The van der Waals surface area contributed by atoms with Crippen molar-refractivity contribution in [2.24, 2.45) is 0 Å². The molecular weight excluding hydrogens is 230 g/mol. The molecule has 1 heterocycles. The van der Waals surface area contributed by atoms with E-state index in [-0.39, 0.29) is 17.0 Å². The zero-order valence-corrected chi connectivity index (χ0v) is 8.92. The quantitative estimate of drug-likeness (QED) is 0.494. The van der Waals surface area contributed by atoms with E-state index in [1.807, 2.05) is 17.0 Å². The van der Waals surface area contributed by atoms with Crippen LogP contribution in [-0.2, 0) is 6.42 Å². The van der Waals surface area contributed by atoms with Crippen molar-refractivity contribution in [3.63, 3.8) is 0 Å². The predicted octanol–water partition coefficient (Wildman–Crippen LogP) is -1.75. The molecule has 3 nitrogen and oxygen atoms in total. The predicted molar refractivity (Wildman–Crippen MR) is 45.9 cm³/mol. The molecule has 0 radical (unpaired) electrons. The Kier molecular flexibility index (Phi) is 5.90. The van der Waals surface area contributed by atoms with Gasteiger partial charge in [-0.15, -0.1) is 0 Å². The third kappa shape index (κ3) is 3.43. The van der Waals surface area contributed by atoms with Crippen molar-refractivity contribution in [3.05, 3.63) is 24.8 Å². The maximum absolute atomic E-state index is 8.33. The summed E-state index contributed by atoms with van der Waals surface area (Å²) in [5.41, 5.74) is 0. The van der Waals surface area contributed by atoms with Gasteiger partial charge in [-0.05, 0) is 6.42 Å². The number of nitriles is 1. The number of H-pyrrole nitrogens is 1. The summed E-state index contributed by atoms with van der Waals surface area (Å²) < 4.78 is 1.93. The lowest BCUT2D eigenvalue weighted by atomic mass is 10.2. The van der Waals surface area contributed by atoms with Gasteiger partial charge in [0.2, 0.25) is 0 Å². The van der Waals surface area contributed by atoms with Crippen molar-refractivity contribution in [2.45, 2.75) is 19.3 Å². The molecule has 4 heteroatoms. The largest absolute Gasteiger partial charge is 1.00 e. The Hall–Kier alpha value is -1.08. The molecule has 13 heavy (non-hydrogen) atoms. The number of aromatic amines is 1. The van der Waals surface area contributed by atoms with E-state index in [0.29, 0.717) is 6.42 Å². The van der Waals surface area contributed by atoms with Crippen molar-refractivity contribution < 1.29 is 21.5 Å². The Morgan fingerprint density at radius 2 is 2.46 bits per heavy atom. The zero-order valence-electron chi connectivity index (χ0n) is 7.33. The Bertz CT molecular complexity index is 298. The first-order valence-electron chi connectivity index (χ1n) is 3.95. The number of nitrogens with zero attached hydrogens (tertiary/aromatic N) is 2. The highest BCUT2D eigenvalue weighted by Gasteiger charge is 2.05. The molecule has 1 aromatic rings. The van der Waals surface area contributed by atoms with Crippen molar-refractivity contribution in [2.75, 3.05) is 0 Å². The molecule has 0 aromatic carbocycles. The first-order chi connectivity index (χ1) is 5.88. The molecule has 0 amide bonds. The van der Waals surface area contributed by atoms with Crippen LogP contribution < -0.4 is 21.5 Å². The van der Waals surface area contributed by atoms with Crippen molar-refractivity contribution in [1.82, 2.24) is 4.98 Å². The number of hydrogen-bond acceptors (Lipinski definition) is 1. The second kappa shape index (κ2) is 6.44. The van der Waals surface area contributed by atoms with Gasteiger partial charge in [-0.1, -0.05) is 6.58 Å². The summed E-state index contributed by atoms with van der Waals surface area (Å²) >= 11 is 0. The molecule has 0 fully saturated rings. The van der Waals surface area contributed by atoms with Crippen LogP contribution in [0.25, 0.3) is 6.20 Å². The van der Waals surface area contributed by atoms with E-state index in [1.54, 1.807) is 6.20 Å². The zero-order chi connectivity index (χ0) is 8.81. The van der Waals surface area contributed by atoms with Crippen LogP contribution in [0.5, 0.6) is 0 Å². The lowest BCUT2D eigenvalue weighted by Gasteiger charge is -1.91. The van der Waals surface area contributed by atoms with Crippen LogP contribution in [-0.4, -0.2) is 4.98 Å². The number of nitrogens with one attached hydrogen (secondary N) is 1. The van der Waals surface area contributed by atoms with E-state index in [1.165, 1.54) is 0 Å². The molecule has 1 N–H and O–H groups in total. The molecule has 0 aliphatic heterocycles. The van der Waals surface area contributed by atoms with Gasteiger partial charge in [0.05, 0.1) is 18.7 Å². The van der Waals surface area contributed by atoms with Crippen LogP contribution >= 0.6 is 0 Å². The average molecular weight is 242 g/mol. The summed E-state index contributed by atoms with van der Waals surface area (Å²) in [6.07, 6.45) is 7.92. The fourth-order valence-corrected chi connectivity index (χ4v) is 1.09. The third-order valence-electron chi connectivity index (χ3n) is 1.70. The molecule has 0 saturated carbocycles. The highest BCUT2D eigenvalue weighted by Crippen LogP contribution is 1.96. The highest BCUT2D eigenvalue weighted by molar-refractivity contribution is 4.98. The van der Waals surface area contributed by atoms with Crippen LogP contribution in [0, 0.1) is 11.3 Å². The number of aromatic nitrogens is 2. The van der Waals surface area contributed by atoms with Gasteiger partial charge in [0.1, 0.15) is 12.4 Å². The molecule has 0 aliphatic carbocycles. The number of rotatable bonds is 4. The first-order valence-corrected chi connectivity index (χ1v) is 3.95. The highest BCUT2D eigenvalue weighted by atomic mass is 79.9. The molecule has 0 spiro atoms. The molecule has 0 aliphatic rings. The van der Waals surface area contributed by atoms with E-state index < -0.39 is 0 Å². The summed E-state index contributed by atoms with van der Waals surface area (Å²) in [5, 5.41) is 8.33. The fraction of sp³-hybridized carbons (Fsp3) is 0.333. The van der Waals surface area contributed by atoms with E-state index in [4.69, 9.17) is 5.26 Å². The molecule has 70 valence electrons. The molecular formula is C9H12BrN3. The van der Waals surface area contributed by atoms with Crippen LogP contribution in [0.15, 0.2) is 19.0 Å². The minimum atomic E-state index is 0. The van der Waals surface area contributed by atoms with E-state index >= 15 is 0 Å². The van der Waals surface area contributed by atoms with Crippen molar-refractivity contribution >= 4 is 6.20 Å². The van der Waals surface area contributed by atoms with Gasteiger partial charge in [-0.25, -0.2) is 9.55 Å². The molecule has 0 saturated heterocycles. The van der Waals surface area contributed by atoms with E-state index in [9.17, 15) is 0 Å². The maximum atomic E-state index is 8.33. The van der Waals surface area contributed by atoms with Gasteiger partial charge in [0.25, 0.3) is 5.82 Å². The van der Waals surface area contributed by atoms with Crippen molar-refractivity contribution in [3.8, 4) is 6.07 Å².